The first kappa shape index (κ1) is 31.3. The summed E-state index contributed by atoms with van der Waals surface area (Å²) in [4.78, 5) is 37.4. The predicted octanol–water partition coefficient (Wildman–Crippen LogP) is 2.46. The number of carboxylic acid groups (broad SMARTS) is 2. The van der Waals surface area contributed by atoms with Crippen LogP contribution in [-0.4, -0.2) is 113 Å². The van der Waals surface area contributed by atoms with Gasteiger partial charge >= 0.3 is 24.3 Å². The van der Waals surface area contributed by atoms with Crippen LogP contribution in [0.15, 0.2) is 30.3 Å². The molecule has 0 aliphatic carbocycles. The first-order valence-electron chi connectivity index (χ1n) is 11.7. The number of ether oxygens (including phenoxy) is 1. The third kappa shape index (κ3) is 9.76. The van der Waals surface area contributed by atoms with Gasteiger partial charge in [-0.1, -0.05) is 30.3 Å². The highest BCUT2D eigenvalue weighted by atomic mass is 19.4. The van der Waals surface area contributed by atoms with Crippen molar-refractivity contribution in [2.45, 2.75) is 43.8 Å². The molecule has 3 aliphatic heterocycles. The van der Waals surface area contributed by atoms with Gasteiger partial charge in [0.25, 0.3) is 0 Å². The molecule has 1 aromatic rings. The van der Waals surface area contributed by atoms with E-state index in [2.05, 4.69) is 45.0 Å². The number of fused-ring (bicyclic) bond motifs is 1. The van der Waals surface area contributed by atoms with Crippen LogP contribution in [0.3, 0.4) is 0 Å². The molecule has 15 heteroatoms. The van der Waals surface area contributed by atoms with Gasteiger partial charge in [0.05, 0.1) is 13.2 Å². The molecule has 214 valence electrons. The monoisotopic (exact) mass is 557 g/mol. The van der Waals surface area contributed by atoms with Gasteiger partial charge in [-0.15, -0.1) is 0 Å². The fourth-order valence-electron chi connectivity index (χ4n) is 4.39. The average molecular weight is 557 g/mol. The Morgan fingerprint density at radius 2 is 1.39 bits per heavy atom. The molecule has 2 atom stereocenters. The summed E-state index contributed by atoms with van der Waals surface area (Å²) in [5.41, 5.74) is 1.34. The van der Waals surface area contributed by atoms with Crippen molar-refractivity contribution in [1.29, 1.82) is 0 Å². The average Bonchev–Trinajstić information content (AvgIpc) is 3.37. The first-order valence-corrected chi connectivity index (χ1v) is 11.7. The van der Waals surface area contributed by atoms with Crippen molar-refractivity contribution in [3.63, 3.8) is 0 Å². The van der Waals surface area contributed by atoms with E-state index in [1.165, 1.54) is 5.56 Å². The van der Waals surface area contributed by atoms with Gasteiger partial charge in [0.1, 0.15) is 0 Å². The van der Waals surface area contributed by atoms with Crippen LogP contribution < -0.4 is 0 Å². The van der Waals surface area contributed by atoms with E-state index in [-0.39, 0.29) is 0 Å². The van der Waals surface area contributed by atoms with E-state index in [9.17, 15) is 31.1 Å². The summed E-state index contributed by atoms with van der Waals surface area (Å²) in [6.07, 6.45) is -8.35. The van der Waals surface area contributed by atoms with Crippen molar-refractivity contribution in [3.05, 3.63) is 35.9 Å². The molecule has 3 fully saturated rings. The maximum atomic E-state index is 12.5. The van der Waals surface area contributed by atoms with E-state index in [1.54, 1.807) is 0 Å². The molecule has 4 rings (SSSR count). The minimum absolute atomic E-state index is 0.344. The molecule has 0 radical (unpaired) electrons. The van der Waals surface area contributed by atoms with Crippen molar-refractivity contribution < 1.29 is 55.7 Å². The highest BCUT2D eigenvalue weighted by Crippen LogP contribution is 2.33. The van der Waals surface area contributed by atoms with Crippen LogP contribution in [-0.2, 0) is 25.7 Å². The number of amides is 1. The van der Waals surface area contributed by atoms with E-state index >= 15 is 0 Å². The normalized spacial score (nSPS) is 22.2. The summed E-state index contributed by atoms with van der Waals surface area (Å²) < 4.78 is 68.9. The number of carbonyl (C=O) groups excluding carboxylic acids is 1. The molecule has 3 aliphatic rings. The molecule has 38 heavy (non-hydrogen) atoms. The van der Waals surface area contributed by atoms with Gasteiger partial charge in [-0.2, -0.15) is 26.3 Å². The summed E-state index contributed by atoms with van der Waals surface area (Å²) >= 11 is 0. The number of nitrogens with zero attached hydrogens (tertiary/aromatic N) is 3. The first-order chi connectivity index (χ1) is 17.7. The van der Waals surface area contributed by atoms with Gasteiger partial charge in [-0.3, -0.25) is 14.6 Å². The Balaban J connectivity index is 0.000000301. The third-order valence-electron chi connectivity index (χ3n) is 6.20. The number of morpholine rings is 1. The van der Waals surface area contributed by atoms with Gasteiger partial charge in [0, 0.05) is 57.8 Å². The van der Waals surface area contributed by atoms with Crippen molar-refractivity contribution in [1.82, 2.24) is 14.7 Å². The molecule has 1 amide bonds. The van der Waals surface area contributed by atoms with E-state index in [0.717, 1.165) is 58.9 Å². The Kier molecular flexibility index (Phi) is 11.3. The highest BCUT2D eigenvalue weighted by Gasteiger charge is 2.46. The lowest BCUT2D eigenvalue weighted by atomic mass is 10.1. The van der Waals surface area contributed by atoms with Crippen LogP contribution in [0.1, 0.15) is 18.4 Å². The Labute approximate surface area is 214 Å². The minimum atomic E-state index is -5.08. The van der Waals surface area contributed by atoms with Crippen LogP contribution in [0.4, 0.5) is 26.3 Å². The molecule has 0 spiro atoms. The zero-order chi connectivity index (χ0) is 28.5. The fourth-order valence-corrected chi connectivity index (χ4v) is 4.39. The SMILES string of the molecule is O=C(O)C(F)(F)F.O=C(O)C(F)(F)F.O=C1C[C@H]2[C@@H](CCN2Cc2ccccc2)N1CCN1CCOCC1. The molecular weight excluding hydrogens is 528 g/mol. The predicted molar refractivity (Wildman–Crippen MR) is 120 cm³/mol. The number of aliphatic carboxylic acids is 2. The summed E-state index contributed by atoms with van der Waals surface area (Å²) in [6, 6.07) is 11.4. The summed E-state index contributed by atoms with van der Waals surface area (Å²) in [5.74, 6) is -5.17. The molecule has 0 bridgehead atoms. The fraction of sp³-hybridized carbons (Fsp3) is 0.609. The lowest BCUT2D eigenvalue weighted by Crippen LogP contribution is -2.44. The van der Waals surface area contributed by atoms with Crippen LogP contribution in [0.5, 0.6) is 0 Å². The van der Waals surface area contributed by atoms with Crippen molar-refractivity contribution in [2.75, 3.05) is 45.9 Å². The van der Waals surface area contributed by atoms with Crippen molar-refractivity contribution >= 4 is 17.8 Å². The molecule has 9 nitrogen and oxygen atoms in total. The van der Waals surface area contributed by atoms with Crippen molar-refractivity contribution in [2.24, 2.45) is 0 Å². The van der Waals surface area contributed by atoms with E-state index in [4.69, 9.17) is 24.5 Å². The number of carbonyl (C=O) groups is 3. The lowest BCUT2D eigenvalue weighted by Gasteiger charge is -2.30. The number of rotatable bonds is 5. The van der Waals surface area contributed by atoms with Gasteiger partial charge in [0.15, 0.2) is 0 Å². The molecule has 1 aromatic carbocycles. The Morgan fingerprint density at radius 1 is 0.868 bits per heavy atom. The van der Waals surface area contributed by atoms with Crippen LogP contribution in [0.2, 0.25) is 0 Å². The second kappa shape index (κ2) is 13.8. The lowest BCUT2D eigenvalue weighted by molar-refractivity contribution is -0.193. The van der Waals surface area contributed by atoms with Crippen LogP contribution >= 0.6 is 0 Å². The Morgan fingerprint density at radius 3 is 1.89 bits per heavy atom. The van der Waals surface area contributed by atoms with Gasteiger partial charge in [-0.05, 0) is 12.0 Å². The summed E-state index contributed by atoms with van der Waals surface area (Å²) in [5, 5.41) is 14.2. The minimum Gasteiger partial charge on any atom is -0.475 e. The second-order valence-corrected chi connectivity index (χ2v) is 8.73. The molecule has 0 aromatic heterocycles. The standard InChI is InChI=1S/C19H27N3O2.2C2HF3O2/c23-19-14-18-17(22(19)9-8-20-10-12-24-13-11-20)6-7-21(18)15-16-4-2-1-3-5-16;2*3-2(4,5)1(6)7/h1-5,17-18H,6-15H2;2*(H,6,7)/t17-,18+;;/m1../s1. The zero-order valence-corrected chi connectivity index (χ0v) is 20.2. The van der Waals surface area contributed by atoms with Crippen LogP contribution in [0.25, 0.3) is 0 Å². The summed E-state index contributed by atoms with van der Waals surface area (Å²) in [6.45, 7) is 7.57. The second-order valence-electron chi connectivity index (χ2n) is 8.73. The molecule has 0 saturated carbocycles. The zero-order valence-electron chi connectivity index (χ0n) is 20.2. The quantitative estimate of drug-likeness (QED) is 0.532. The number of hydrogen-bond acceptors (Lipinski definition) is 6. The van der Waals surface area contributed by atoms with Gasteiger partial charge in [-0.25, -0.2) is 9.59 Å². The van der Waals surface area contributed by atoms with E-state index in [1.807, 2.05) is 0 Å². The number of halogens is 6. The number of alkyl halides is 6. The largest absolute Gasteiger partial charge is 0.490 e. The maximum Gasteiger partial charge on any atom is 0.490 e. The molecule has 2 N–H and O–H groups in total. The van der Waals surface area contributed by atoms with Gasteiger partial charge < -0.3 is 19.8 Å². The third-order valence-corrected chi connectivity index (χ3v) is 6.20. The summed E-state index contributed by atoms with van der Waals surface area (Å²) in [7, 11) is 0. The maximum absolute atomic E-state index is 12.5. The van der Waals surface area contributed by atoms with Crippen LogP contribution in [0, 0.1) is 0 Å². The molecule has 3 saturated heterocycles. The molecule has 0 unspecified atom stereocenters. The Hall–Kier alpha value is -2.91. The topological polar surface area (TPSA) is 111 Å². The number of hydrogen-bond donors (Lipinski definition) is 2. The van der Waals surface area contributed by atoms with E-state index in [0.29, 0.717) is 24.4 Å². The van der Waals surface area contributed by atoms with Crippen molar-refractivity contribution in [3.8, 4) is 0 Å². The number of likely N-dealkylation sites (tertiary alicyclic amines) is 2. The highest BCUT2D eigenvalue weighted by molar-refractivity contribution is 5.80. The number of carboxylic acids is 2. The molecular formula is C23H29F6N3O6. The Bertz CT molecular complexity index is 900. The smallest absolute Gasteiger partial charge is 0.475 e. The number of benzene rings is 1. The molecule has 3 heterocycles. The van der Waals surface area contributed by atoms with E-state index < -0.39 is 24.3 Å². The van der Waals surface area contributed by atoms with Gasteiger partial charge in [0.2, 0.25) is 5.91 Å².